The van der Waals surface area contributed by atoms with Crippen LogP contribution in [-0.2, 0) is 18.5 Å². The highest BCUT2D eigenvalue weighted by Crippen LogP contribution is 2.39. The summed E-state index contributed by atoms with van der Waals surface area (Å²) in [5.74, 6) is -1.57. The van der Waals surface area contributed by atoms with Crippen molar-refractivity contribution in [2.45, 2.75) is 32.4 Å². The highest BCUT2D eigenvalue weighted by atomic mass is 28.3. The van der Waals surface area contributed by atoms with E-state index in [1.54, 1.807) is 42.2 Å². The van der Waals surface area contributed by atoms with Gasteiger partial charge in [0.25, 0.3) is 5.56 Å². The number of nitrogens with two attached hydrogens (primary N) is 1. The van der Waals surface area contributed by atoms with Crippen molar-refractivity contribution in [2.24, 2.45) is 7.05 Å². The van der Waals surface area contributed by atoms with Crippen molar-refractivity contribution in [3.8, 4) is 22.6 Å². The van der Waals surface area contributed by atoms with Crippen LogP contribution in [0.25, 0.3) is 22.0 Å². The zero-order valence-corrected chi connectivity index (χ0v) is 22.2. The Morgan fingerprint density at radius 2 is 1.76 bits per heavy atom. The number of rotatable bonds is 9. The van der Waals surface area contributed by atoms with E-state index in [0.717, 1.165) is 18.2 Å². The molecular formula is C27H29F2N3O4Si. The van der Waals surface area contributed by atoms with Gasteiger partial charge in [0, 0.05) is 68.0 Å². The van der Waals surface area contributed by atoms with Crippen LogP contribution in [0.5, 0.6) is 11.5 Å². The van der Waals surface area contributed by atoms with Gasteiger partial charge in [-0.05, 0) is 36.4 Å². The predicted molar refractivity (Wildman–Crippen MR) is 143 cm³/mol. The minimum Gasteiger partial charge on any atom is -0.454 e. The van der Waals surface area contributed by atoms with Crippen LogP contribution in [0.3, 0.4) is 0 Å². The minimum absolute atomic E-state index is 0.106. The summed E-state index contributed by atoms with van der Waals surface area (Å²) in [7, 11) is 0.295. The molecule has 4 rings (SSSR count). The van der Waals surface area contributed by atoms with Crippen LogP contribution in [0.15, 0.2) is 53.6 Å². The molecule has 0 saturated carbocycles. The van der Waals surface area contributed by atoms with Crippen molar-refractivity contribution in [3.05, 3.63) is 76.3 Å². The number of carbonyl (C=O) groups excluding carboxylic acids is 1. The van der Waals surface area contributed by atoms with E-state index in [0.29, 0.717) is 35.1 Å². The van der Waals surface area contributed by atoms with Crippen molar-refractivity contribution >= 4 is 31.0 Å². The first kappa shape index (κ1) is 26.3. The summed E-state index contributed by atoms with van der Waals surface area (Å²) >= 11 is 0. The van der Waals surface area contributed by atoms with Crippen LogP contribution in [0.4, 0.5) is 14.5 Å². The first-order valence-corrected chi connectivity index (χ1v) is 15.5. The van der Waals surface area contributed by atoms with Crippen LogP contribution in [0.1, 0.15) is 10.4 Å². The number of ether oxygens (including phenoxy) is 2. The van der Waals surface area contributed by atoms with E-state index >= 15 is 0 Å². The number of aldehydes is 1. The van der Waals surface area contributed by atoms with Crippen LogP contribution in [0.2, 0.25) is 25.7 Å². The van der Waals surface area contributed by atoms with Crippen LogP contribution in [-0.4, -0.2) is 30.1 Å². The zero-order valence-electron chi connectivity index (χ0n) is 21.2. The number of nitrogen functional groups attached to an aromatic ring is 1. The second-order valence-electron chi connectivity index (χ2n) is 10.1. The molecule has 0 amide bonds. The number of halogens is 2. The summed E-state index contributed by atoms with van der Waals surface area (Å²) in [5.41, 5.74) is 7.66. The number of benzene rings is 2. The minimum atomic E-state index is -1.30. The summed E-state index contributed by atoms with van der Waals surface area (Å²) in [5, 5.41) is 0.405. The van der Waals surface area contributed by atoms with Crippen molar-refractivity contribution in [3.63, 3.8) is 0 Å². The maximum atomic E-state index is 14.4. The molecule has 194 valence electrons. The lowest BCUT2D eigenvalue weighted by atomic mass is 10.00. The Kier molecular flexibility index (Phi) is 7.33. The highest BCUT2D eigenvalue weighted by Gasteiger charge is 2.22. The van der Waals surface area contributed by atoms with Gasteiger partial charge < -0.3 is 24.3 Å². The van der Waals surface area contributed by atoms with Crippen LogP contribution < -0.4 is 16.0 Å². The van der Waals surface area contributed by atoms with Gasteiger partial charge in [-0.2, -0.15) is 0 Å². The number of anilines is 1. The van der Waals surface area contributed by atoms with Gasteiger partial charge in [-0.15, -0.1) is 0 Å². The third kappa shape index (κ3) is 5.65. The fraction of sp³-hybridized carbons (Fsp3) is 0.259. The Labute approximate surface area is 214 Å². The molecule has 2 N–H and O–H groups in total. The standard InChI is InChI=1S/C27H29F2N3O4Si/c1-31-14-21(20-12-19(30)6-8-23(20)36-24-7-5-18(28)11-22(24)29)25-17(15-33)13-32(26(25)27(31)34)16-35-9-10-37(2,3)4/h5-8,11-15H,9-10,16,30H2,1-4H3. The maximum Gasteiger partial charge on any atom is 0.274 e. The maximum absolute atomic E-state index is 14.4. The van der Waals surface area contributed by atoms with Gasteiger partial charge in [0.05, 0.1) is 0 Å². The molecule has 37 heavy (non-hydrogen) atoms. The van der Waals surface area contributed by atoms with E-state index in [4.69, 9.17) is 15.2 Å². The lowest BCUT2D eigenvalue weighted by Crippen LogP contribution is -2.23. The molecule has 0 bridgehead atoms. The largest absolute Gasteiger partial charge is 0.454 e. The quantitative estimate of drug-likeness (QED) is 0.129. The van der Waals surface area contributed by atoms with Gasteiger partial charge in [-0.1, -0.05) is 19.6 Å². The second-order valence-corrected chi connectivity index (χ2v) is 15.8. The average Bonchev–Trinajstić information content (AvgIpc) is 3.20. The van der Waals surface area contributed by atoms with E-state index < -0.39 is 19.7 Å². The molecule has 0 spiro atoms. The Balaban J connectivity index is 1.85. The van der Waals surface area contributed by atoms with E-state index in [1.165, 1.54) is 10.6 Å². The number of aromatic nitrogens is 2. The van der Waals surface area contributed by atoms with Crippen molar-refractivity contribution in [1.82, 2.24) is 9.13 Å². The van der Waals surface area contributed by atoms with Gasteiger partial charge in [0.15, 0.2) is 17.9 Å². The number of fused-ring (bicyclic) bond motifs is 1. The van der Waals surface area contributed by atoms with E-state index in [9.17, 15) is 18.4 Å². The summed E-state index contributed by atoms with van der Waals surface area (Å²) in [4.78, 5) is 25.3. The van der Waals surface area contributed by atoms with Gasteiger partial charge in [-0.3, -0.25) is 9.59 Å². The SMILES string of the molecule is Cn1cc(-c2cc(N)ccc2Oc2ccc(F)cc2F)c2c(C=O)cn(COCC[Si](C)(C)C)c2c1=O. The molecule has 0 aliphatic heterocycles. The lowest BCUT2D eigenvalue weighted by Gasteiger charge is -2.16. The fourth-order valence-electron chi connectivity index (χ4n) is 4.03. The Hall–Kier alpha value is -3.76. The summed E-state index contributed by atoms with van der Waals surface area (Å²) < 4.78 is 42.5. The molecule has 4 aromatic rings. The van der Waals surface area contributed by atoms with E-state index in [1.807, 2.05) is 0 Å². The third-order valence-corrected chi connectivity index (χ3v) is 7.69. The highest BCUT2D eigenvalue weighted by molar-refractivity contribution is 6.76. The molecular weight excluding hydrogens is 496 g/mol. The number of hydrogen-bond acceptors (Lipinski definition) is 5. The van der Waals surface area contributed by atoms with E-state index in [2.05, 4.69) is 19.6 Å². The molecule has 0 fully saturated rings. The lowest BCUT2D eigenvalue weighted by molar-refractivity contribution is 0.0899. The average molecular weight is 526 g/mol. The molecule has 7 nitrogen and oxygen atoms in total. The molecule has 2 aromatic heterocycles. The van der Waals surface area contributed by atoms with Crippen molar-refractivity contribution in [1.29, 1.82) is 0 Å². The van der Waals surface area contributed by atoms with Gasteiger partial charge in [0.1, 0.15) is 23.8 Å². The molecule has 2 heterocycles. The fourth-order valence-corrected chi connectivity index (χ4v) is 4.79. The summed E-state index contributed by atoms with van der Waals surface area (Å²) in [6.45, 7) is 7.39. The number of carbonyl (C=O) groups is 1. The molecule has 0 saturated heterocycles. The van der Waals surface area contributed by atoms with Crippen molar-refractivity contribution < 1.29 is 23.0 Å². The smallest absolute Gasteiger partial charge is 0.274 e. The monoisotopic (exact) mass is 525 g/mol. The molecule has 0 atom stereocenters. The predicted octanol–water partition coefficient (Wildman–Crippen LogP) is 5.78. The number of hydrogen-bond donors (Lipinski definition) is 1. The van der Waals surface area contributed by atoms with Crippen molar-refractivity contribution in [2.75, 3.05) is 12.3 Å². The second kappa shape index (κ2) is 10.3. The summed E-state index contributed by atoms with van der Waals surface area (Å²) in [6.07, 6.45) is 3.84. The number of pyridine rings is 1. The topological polar surface area (TPSA) is 88.5 Å². The Morgan fingerprint density at radius 1 is 1.03 bits per heavy atom. The molecule has 0 radical (unpaired) electrons. The molecule has 2 aromatic carbocycles. The van der Waals surface area contributed by atoms with Crippen LogP contribution in [0, 0.1) is 11.6 Å². The van der Waals surface area contributed by atoms with Crippen LogP contribution >= 0.6 is 0 Å². The zero-order chi connectivity index (χ0) is 26.9. The Morgan fingerprint density at radius 3 is 2.43 bits per heavy atom. The molecule has 0 unspecified atom stereocenters. The molecule has 0 aliphatic rings. The molecule has 10 heteroatoms. The summed E-state index contributed by atoms with van der Waals surface area (Å²) in [6, 6.07) is 8.72. The number of nitrogens with zero attached hydrogens (tertiary/aromatic N) is 2. The van der Waals surface area contributed by atoms with Gasteiger partial charge >= 0.3 is 0 Å². The Bertz CT molecular complexity index is 1540. The number of aryl methyl sites for hydroxylation is 1. The van der Waals surface area contributed by atoms with Gasteiger partial charge in [-0.25, -0.2) is 8.78 Å². The van der Waals surface area contributed by atoms with E-state index in [-0.39, 0.29) is 34.9 Å². The third-order valence-electron chi connectivity index (χ3n) is 5.98. The van der Waals surface area contributed by atoms with Gasteiger partial charge in [0.2, 0.25) is 0 Å². The first-order valence-electron chi connectivity index (χ1n) is 11.8. The first-order chi connectivity index (χ1) is 17.5. The molecule has 0 aliphatic carbocycles. The normalized spacial score (nSPS) is 11.7.